The van der Waals surface area contributed by atoms with E-state index < -0.39 is 0 Å². The third kappa shape index (κ3) is 4.16. The Bertz CT molecular complexity index is 415. The van der Waals surface area contributed by atoms with Crippen LogP contribution in [0.15, 0.2) is 18.3 Å². The van der Waals surface area contributed by atoms with E-state index in [4.69, 9.17) is 0 Å². The lowest BCUT2D eigenvalue weighted by Crippen LogP contribution is -2.19. The minimum atomic E-state index is -0.201. The van der Waals surface area contributed by atoms with Gasteiger partial charge in [0, 0.05) is 26.9 Å². The molecule has 0 fully saturated rings. The van der Waals surface area contributed by atoms with Crippen LogP contribution in [-0.4, -0.2) is 37.4 Å². The topological polar surface area (TPSA) is 59.5 Å². The van der Waals surface area contributed by atoms with Crippen LogP contribution < -0.4 is 4.90 Å². The van der Waals surface area contributed by atoms with E-state index in [2.05, 4.69) is 9.72 Å². The van der Waals surface area contributed by atoms with E-state index in [-0.39, 0.29) is 11.8 Å². The fraction of sp³-hybridized carbons (Fsp3) is 0.462. The lowest BCUT2D eigenvalue weighted by atomic mass is 10.2. The minimum Gasteiger partial charge on any atom is -0.469 e. The number of esters is 1. The highest BCUT2D eigenvalue weighted by Gasteiger charge is 2.06. The third-order valence-electron chi connectivity index (χ3n) is 2.65. The van der Waals surface area contributed by atoms with E-state index >= 15 is 0 Å². The maximum Gasteiger partial charge on any atom is 0.305 e. The van der Waals surface area contributed by atoms with Crippen molar-refractivity contribution in [3.8, 4) is 0 Å². The molecule has 0 spiro atoms. The second-order valence-electron chi connectivity index (χ2n) is 4.06. The smallest absolute Gasteiger partial charge is 0.305 e. The maximum atomic E-state index is 11.1. The molecule has 1 aromatic rings. The molecule has 0 aliphatic heterocycles. The van der Waals surface area contributed by atoms with E-state index in [9.17, 15) is 9.59 Å². The SMILES string of the molecule is COC(=O)CCCN(C)c1ccc(C(C)=O)nc1. The molecule has 0 radical (unpaired) electrons. The van der Waals surface area contributed by atoms with Crippen LogP contribution >= 0.6 is 0 Å². The lowest BCUT2D eigenvalue weighted by molar-refractivity contribution is -0.140. The molecule has 1 heterocycles. The fourth-order valence-corrected chi connectivity index (χ4v) is 1.51. The standard InChI is InChI=1S/C13H18N2O3/c1-10(16)12-7-6-11(9-14-12)15(2)8-4-5-13(17)18-3/h6-7,9H,4-5,8H2,1-3H3. The zero-order chi connectivity index (χ0) is 13.5. The van der Waals surface area contributed by atoms with Crippen molar-refractivity contribution in [1.82, 2.24) is 4.98 Å². The largest absolute Gasteiger partial charge is 0.469 e. The van der Waals surface area contributed by atoms with Gasteiger partial charge in [0.2, 0.25) is 0 Å². The van der Waals surface area contributed by atoms with Crippen molar-refractivity contribution in [2.24, 2.45) is 0 Å². The molecule has 0 saturated heterocycles. The molecule has 0 aliphatic rings. The number of anilines is 1. The maximum absolute atomic E-state index is 11.1. The summed E-state index contributed by atoms with van der Waals surface area (Å²) in [4.78, 5) is 28.1. The molecular formula is C13H18N2O3. The molecule has 98 valence electrons. The van der Waals surface area contributed by atoms with Crippen molar-refractivity contribution in [1.29, 1.82) is 0 Å². The van der Waals surface area contributed by atoms with Gasteiger partial charge in [0.15, 0.2) is 5.78 Å². The van der Waals surface area contributed by atoms with Crippen molar-refractivity contribution in [3.63, 3.8) is 0 Å². The normalized spacial score (nSPS) is 9.94. The second-order valence-corrected chi connectivity index (χ2v) is 4.06. The minimum absolute atomic E-state index is 0.0464. The van der Waals surface area contributed by atoms with Crippen LogP contribution in [0.3, 0.4) is 0 Å². The quantitative estimate of drug-likeness (QED) is 0.568. The number of ether oxygens (including phenoxy) is 1. The summed E-state index contributed by atoms with van der Waals surface area (Å²) in [5.41, 5.74) is 1.38. The average Bonchev–Trinajstić information content (AvgIpc) is 2.38. The lowest BCUT2D eigenvalue weighted by Gasteiger charge is -2.18. The van der Waals surface area contributed by atoms with Gasteiger partial charge in [-0.05, 0) is 18.6 Å². The van der Waals surface area contributed by atoms with Crippen LogP contribution in [0, 0.1) is 0 Å². The molecule has 0 amide bonds. The van der Waals surface area contributed by atoms with Crippen LogP contribution in [0.4, 0.5) is 5.69 Å². The predicted octanol–water partition coefficient (Wildman–Crippen LogP) is 1.67. The first-order valence-corrected chi connectivity index (χ1v) is 5.79. The molecule has 5 heteroatoms. The summed E-state index contributed by atoms with van der Waals surface area (Å²) in [7, 11) is 3.30. The molecule has 0 unspecified atom stereocenters. The summed E-state index contributed by atoms with van der Waals surface area (Å²) < 4.78 is 4.57. The highest BCUT2D eigenvalue weighted by atomic mass is 16.5. The third-order valence-corrected chi connectivity index (χ3v) is 2.65. The van der Waals surface area contributed by atoms with Crippen LogP contribution in [0.1, 0.15) is 30.3 Å². The Hall–Kier alpha value is -1.91. The molecule has 0 N–H and O–H groups in total. The molecule has 0 aromatic carbocycles. The highest BCUT2D eigenvalue weighted by Crippen LogP contribution is 2.12. The zero-order valence-electron chi connectivity index (χ0n) is 11.0. The number of hydrogen-bond donors (Lipinski definition) is 0. The highest BCUT2D eigenvalue weighted by molar-refractivity contribution is 5.92. The van der Waals surface area contributed by atoms with E-state index in [1.165, 1.54) is 14.0 Å². The summed E-state index contributed by atoms with van der Waals surface area (Å²) in [5, 5.41) is 0. The van der Waals surface area contributed by atoms with Crippen molar-refractivity contribution in [2.75, 3.05) is 25.6 Å². The second kappa shape index (κ2) is 6.74. The Labute approximate surface area is 107 Å². The number of ketones is 1. The molecule has 0 bridgehead atoms. The van der Waals surface area contributed by atoms with Gasteiger partial charge in [0.25, 0.3) is 0 Å². The van der Waals surface area contributed by atoms with Gasteiger partial charge in [-0.2, -0.15) is 0 Å². The summed E-state index contributed by atoms with van der Waals surface area (Å²) in [6.07, 6.45) is 2.78. The number of carbonyl (C=O) groups excluding carboxylic acids is 2. The molecule has 5 nitrogen and oxygen atoms in total. The Balaban J connectivity index is 2.48. The number of rotatable bonds is 6. The Morgan fingerprint density at radius 1 is 1.39 bits per heavy atom. The Kier molecular flexibility index (Phi) is 5.30. The number of hydrogen-bond acceptors (Lipinski definition) is 5. The number of aromatic nitrogens is 1. The van der Waals surface area contributed by atoms with Crippen molar-refractivity contribution >= 4 is 17.4 Å². The van der Waals surface area contributed by atoms with Gasteiger partial charge >= 0.3 is 5.97 Å². The number of carbonyl (C=O) groups is 2. The first kappa shape index (κ1) is 14.2. The van der Waals surface area contributed by atoms with Gasteiger partial charge in [-0.3, -0.25) is 14.6 Å². The molecule has 18 heavy (non-hydrogen) atoms. The van der Waals surface area contributed by atoms with Gasteiger partial charge in [0.05, 0.1) is 19.0 Å². The summed E-state index contributed by atoms with van der Waals surface area (Å²) in [6, 6.07) is 3.55. The van der Waals surface area contributed by atoms with E-state index in [1.54, 1.807) is 12.3 Å². The molecule has 1 aromatic heterocycles. The van der Waals surface area contributed by atoms with E-state index in [0.29, 0.717) is 12.1 Å². The van der Waals surface area contributed by atoms with Crippen molar-refractivity contribution < 1.29 is 14.3 Å². The van der Waals surface area contributed by atoms with Gasteiger partial charge in [-0.15, -0.1) is 0 Å². The van der Waals surface area contributed by atoms with Crippen molar-refractivity contribution in [2.45, 2.75) is 19.8 Å². The van der Waals surface area contributed by atoms with Crippen molar-refractivity contribution in [3.05, 3.63) is 24.0 Å². The fourth-order valence-electron chi connectivity index (χ4n) is 1.51. The summed E-state index contributed by atoms with van der Waals surface area (Å²) >= 11 is 0. The predicted molar refractivity (Wildman–Crippen MR) is 68.8 cm³/mol. The van der Waals surface area contributed by atoms with Crippen LogP contribution in [0.5, 0.6) is 0 Å². The number of nitrogens with zero attached hydrogens (tertiary/aromatic N) is 2. The van der Waals surface area contributed by atoms with Gasteiger partial charge in [0.1, 0.15) is 5.69 Å². The molecule has 1 rings (SSSR count). The first-order chi connectivity index (χ1) is 8.54. The van der Waals surface area contributed by atoms with Gasteiger partial charge in [-0.25, -0.2) is 0 Å². The summed E-state index contributed by atoms with van der Waals surface area (Å²) in [5.74, 6) is -0.247. The van der Waals surface area contributed by atoms with E-state index in [0.717, 1.165) is 18.7 Å². The van der Waals surface area contributed by atoms with Crippen LogP contribution in [0.25, 0.3) is 0 Å². The molecular weight excluding hydrogens is 232 g/mol. The number of pyridine rings is 1. The number of methoxy groups -OCH3 is 1. The first-order valence-electron chi connectivity index (χ1n) is 5.79. The Morgan fingerprint density at radius 3 is 2.61 bits per heavy atom. The van der Waals surface area contributed by atoms with Gasteiger partial charge < -0.3 is 9.64 Å². The zero-order valence-corrected chi connectivity index (χ0v) is 11.0. The molecule has 0 aliphatic carbocycles. The van der Waals surface area contributed by atoms with E-state index in [1.807, 2.05) is 18.0 Å². The monoisotopic (exact) mass is 250 g/mol. The number of Topliss-reactive ketones (excluding diaryl/α,β-unsaturated/α-hetero) is 1. The molecule has 0 saturated carbocycles. The Morgan fingerprint density at radius 2 is 2.11 bits per heavy atom. The van der Waals surface area contributed by atoms with Crippen LogP contribution in [0.2, 0.25) is 0 Å². The van der Waals surface area contributed by atoms with Gasteiger partial charge in [-0.1, -0.05) is 0 Å². The molecule has 0 atom stereocenters. The van der Waals surface area contributed by atoms with Crippen LogP contribution in [-0.2, 0) is 9.53 Å². The average molecular weight is 250 g/mol. The summed E-state index contributed by atoms with van der Waals surface area (Å²) in [6.45, 7) is 2.22.